The zero-order valence-electron chi connectivity index (χ0n) is 13.9. The molecule has 0 N–H and O–H groups in total. The molecule has 0 atom stereocenters. The van der Waals surface area contributed by atoms with Crippen molar-refractivity contribution < 1.29 is 0 Å². The first kappa shape index (κ1) is 15.4. The highest BCUT2D eigenvalue weighted by Gasteiger charge is 2.12. The van der Waals surface area contributed by atoms with Gasteiger partial charge in [-0.3, -0.25) is 4.98 Å². The maximum absolute atomic E-state index is 4.35. The van der Waals surface area contributed by atoms with Crippen molar-refractivity contribution in [1.82, 2.24) is 9.55 Å². The third-order valence-electron chi connectivity index (χ3n) is 4.76. The molecule has 0 radical (unpaired) electrons. The molecule has 124 valence electrons. The first-order valence-corrected chi connectivity index (χ1v) is 9.30. The van der Waals surface area contributed by atoms with E-state index in [4.69, 9.17) is 0 Å². The van der Waals surface area contributed by atoms with Gasteiger partial charge in [-0.1, -0.05) is 58.4 Å². The average Bonchev–Trinajstić information content (AvgIpc) is 3.02. The molecule has 5 aromatic rings. The Morgan fingerprint density at radius 1 is 0.692 bits per heavy atom. The van der Waals surface area contributed by atoms with Gasteiger partial charge in [0.15, 0.2) is 0 Å². The van der Waals surface area contributed by atoms with Crippen molar-refractivity contribution >= 4 is 37.7 Å². The number of aromatic nitrogens is 2. The molecule has 0 saturated carbocycles. The Hall–Kier alpha value is -2.91. The molecule has 0 amide bonds. The van der Waals surface area contributed by atoms with Gasteiger partial charge in [-0.25, -0.2) is 0 Å². The van der Waals surface area contributed by atoms with E-state index >= 15 is 0 Å². The first-order chi connectivity index (χ1) is 12.8. The molecule has 0 bridgehead atoms. The zero-order valence-corrected chi connectivity index (χ0v) is 15.5. The van der Waals surface area contributed by atoms with Gasteiger partial charge < -0.3 is 4.57 Å². The molecular formula is C23H15BrN2. The van der Waals surface area contributed by atoms with Gasteiger partial charge in [0, 0.05) is 27.1 Å². The van der Waals surface area contributed by atoms with Crippen LogP contribution in [0.2, 0.25) is 0 Å². The Balaban J connectivity index is 1.73. The Morgan fingerprint density at radius 2 is 1.46 bits per heavy atom. The standard InChI is InChI=1S/C23H15BrN2/c24-18-8-11-22-21(14-18)20-12-13-25-15-23(20)26(22)19-9-6-17(7-10-19)16-4-2-1-3-5-16/h1-15H. The van der Waals surface area contributed by atoms with Crippen LogP contribution in [0.4, 0.5) is 0 Å². The van der Waals surface area contributed by atoms with E-state index in [0.29, 0.717) is 0 Å². The van der Waals surface area contributed by atoms with Crippen molar-refractivity contribution in [1.29, 1.82) is 0 Å². The molecule has 0 aliphatic carbocycles. The Labute approximate surface area is 159 Å². The predicted octanol–water partition coefficient (Wildman–Crippen LogP) is 6.61. The molecule has 2 aromatic heterocycles. The molecule has 2 heterocycles. The van der Waals surface area contributed by atoms with E-state index in [9.17, 15) is 0 Å². The molecule has 3 heteroatoms. The maximum atomic E-state index is 4.35. The molecule has 0 fully saturated rings. The molecule has 5 rings (SSSR count). The highest BCUT2D eigenvalue weighted by Crippen LogP contribution is 2.33. The molecule has 3 aromatic carbocycles. The van der Waals surface area contributed by atoms with Crippen molar-refractivity contribution in [3.63, 3.8) is 0 Å². The van der Waals surface area contributed by atoms with Crippen LogP contribution in [0.1, 0.15) is 0 Å². The van der Waals surface area contributed by atoms with Crippen LogP contribution >= 0.6 is 15.9 Å². The number of hydrogen-bond acceptors (Lipinski definition) is 1. The summed E-state index contributed by atoms with van der Waals surface area (Å²) in [5.74, 6) is 0. The van der Waals surface area contributed by atoms with Crippen molar-refractivity contribution in [3.05, 3.63) is 95.7 Å². The summed E-state index contributed by atoms with van der Waals surface area (Å²) >= 11 is 3.59. The van der Waals surface area contributed by atoms with E-state index in [-0.39, 0.29) is 0 Å². The average molecular weight is 399 g/mol. The van der Waals surface area contributed by atoms with E-state index in [1.54, 1.807) is 0 Å². The monoisotopic (exact) mass is 398 g/mol. The van der Waals surface area contributed by atoms with Crippen molar-refractivity contribution in [2.75, 3.05) is 0 Å². The summed E-state index contributed by atoms with van der Waals surface area (Å²) in [5.41, 5.74) is 5.89. The van der Waals surface area contributed by atoms with E-state index in [1.165, 1.54) is 27.4 Å². The van der Waals surface area contributed by atoms with Crippen LogP contribution in [-0.2, 0) is 0 Å². The third-order valence-corrected chi connectivity index (χ3v) is 5.26. The molecule has 0 aliphatic rings. The van der Waals surface area contributed by atoms with Crippen LogP contribution in [0.25, 0.3) is 38.6 Å². The molecule has 26 heavy (non-hydrogen) atoms. The first-order valence-electron chi connectivity index (χ1n) is 8.51. The Kier molecular flexibility index (Phi) is 3.61. The van der Waals surface area contributed by atoms with Gasteiger partial charge in [0.25, 0.3) is 0 Å². The zero-order chi connectivity index (χ0) is 17.5. The fraction of sp³-hybridized carbons (Fsp3) is 0. The lowest BCUT2D eigenvalue weighted by Crippen LogP contribution is -1.94. The number of benzene rings is 3. The largest absolute Gasteiger partial charge is 0.308 e. The number of nitrogens with zero attached hydrogens (tertiary/aromatic N) is 2. The number of rotatable bonds is 2. The Bertz CT molecular complexity index is 1220. The fourth-order valence-corrected chi connectivity index (χ4v) is 3.91. The van der Waals surface area contributed by atoms with Gasteiger partial charge >= 0.3 is 0 Å². The van der Waals surface area contributed by atoms with Gasteiger partial charge in [-0.2, -0.15) is 0 Å². The van der Waals surface area contributed by atoms with Gasteiger partial charge in [-0.05, 0) is 47.5 Å². The summed E-state index contributed by atoms with van der Waals surface area (Å²) < 4.78 is 3.36. The van der Waals surface area contributed by atoms with Crippen LogP contribution in [0.3, 0.4) is 0 Å². The van der Waals surface area contributed by atoms with Gasteiger partial charge in [0.2, 0.25) is 0 Å². The van der Waals surface area contributed by atoms with Crippen LogP contribution in [-0.4, -0.2) is 9.55 Å². The molecule has 0 spiro atoms. The minimum Gasteiger partial charge on any atom is -0.308 e. The quantitative estimate of drug-likeness (QED) is 0.327. The second-order valence-corrected chi connectivity index (χ2v) is 7.22. The highest BCUT2D eigenvalue weighted by molar-refractivity contribution is 9.10. The minimum atomic E-state index is 1.08. The Morgan fingerprint density at radius 3 is 2.27 bits per heavy atom. The normalized spacial score (nSPS) is 11.3. The lowest BCUT2D eigenvalue weighted by molar-refractivity contribution is 1.17. The molecule has 0 saturated heterocycles. The molecule has 0 unspecified atom stereocenters. The molecular weight excluding hydrogens is 384 g/mol. The van der Waals surface area contributed by atoms with Gasteiger partial charge in [0.1, 0.15) is 0 Å². The summed E-state index contributed by atoms with van der Waals surface area (Å²) in [6.45, 7) is 0. The smallest absolute Gasteiger partial charge is 0.0724 e. The number of hydrogen-bond donors (Lipinski definition) is 0. The van der Waals surface area contributed by atoms with Gasteiger partial charge in [-0.15, -0.1) is 0 Å². The van der Waals surface area contributed by atoms with Crippen molar-refractivity contribution in [3.8, 4) is 16.8 Å². The van der Waals surface area contributed by atoms with E-state index in [2.05, 4.69) is 98.3 Å². The van der Waals surface area contributed by atoms with Crippen molar-refractivity contribution in [2.45, 2.75) is 0 Å². The topological polar surface area (TPSA) is 17.8 Å². The second kappa shape index (κ2) is 6.11. The summed E-state index contributed by atoms with van der Waals surface area (Å²) in [4.78, 5) is 4.35. The number of halogens is 1. The second-order valence-electron chi connectivity index (χ2n) is 6.30. The van der Waals surface area contributed by atoms with Crippen LogP contribution < -0.4 is 0 Å². The SMILES string of the molecule is Brc1ccc2c(c1)c1ccncc1n2-c1ccc(-c2ccccc2)cc1. The summed E-state index contributed by atoms with van der Waals surface area (Å²) in [6, 6.07) is 27.7. The van der Waals surface area contributed by atoms with E-state index in [0.717, 1.165) is 15.7 Å². The molecule has 0 aliphatic heterocycles. The fourth-order valence-electron chi connectivity index (χ4n) is 3.55. The predicted molar refractivity (Wildman–Crippen MR) is 112 cm³/mol. The van der Waals surface area contributed by atoms with Crippen LogP contribution in [0.5, 0.6) is 0 Å². The van der Waals surface area contributed by atoms with E-state index < -0.39 is 0 Å². The number of fused-ring (bicyclic) bond motifs is 3. The summed E-state index contributed by atoms with van der Waals surface area (Å²) in [6.07, 6.45) is 3.79. The summed E-state index contributed by atoms with van der Waals surface area (Å²) in [7, 11) is 0. The summed E-state index contributed by atoms with van der Waals surface area (Å²) in [5, 5.41) is 2.44. The van der Waals surface area contributed by atoms with Gasteiger partial charge in [0.05, 0.1) is 17.2 Å². The minimum absolute atomic E-state index is 1.08. The van der Waals surface area contributed by atoms with Crippen LogP contribution in [0.15, 0.2) is 95.7 Å². The van der Waals surface area contributed by atoms with Crippen LogP contribution in [0, 0.1) is 0 Å². The van der Waals surface area contributed by atoms with E-state index in [1.807, 2.05) is 18.5 Å². The van der Waals surface area contributed by atoms with Crippen molar-refractivity contribution in [2.24, 2.45) is 0 Å². The maximum Gasteiger partial charge on any atom is 0.0724 e. The lowest BCUT2D eigenvalue weighted by atomic mass is 10.1. The lowest BCUT2D eigenvalue weighted by Gasteiger charge is -2.09. The third kappa shape index (κ3) is 2.44. The molecule has 2 nitrogen and oxygen atoms in total. The number of pyridine rings is 1. The highest BCUT2D eigenvalue weighted by atomic mass is 79.9.